The number of rotatable bonds is 6. The van der Waals surface area contributed by atoms with Crippen LogP contribution in [0.2, 0.25) is 0 Å². The van der Waals surface area contributed by atoms with Gasteiger partial charge in [0.05, 0.1) is 0 Å². The second-order valence-corrected chi connectivity index (χ2v) is 12.3. The van der Waals surface area contributed by atoms with E-state index in [0.717, 1.165) is 28.5 Å². The van der Waals surface area contributed by atoms with E-state index < -0.39 is 0 Å². The molecule has 2 aromatic rings. The molecule has 2 saturated carbocycles. The van der Waals surface area contributed by atoms with Crippen molar-refractivity contribution in [3.63, 3.8) is 0 Å². The molecule has 2 aromatic carbocycles. The van der Waals surface area contributed by atoms with Gasteiger partial charge in [0, 0.05) is 25.3 Å². The highest BCUT2D eigenvalue weighted by molar-refractivity contribution is 7.55. The lowest BCUT2D eigenvalue weighted by Crippen LogP contribution is -2.25. The SMILES string of the molecule is CN(C)c1ccccc1-c1cccc(PC2CCCCC2)c1PC1CCCCC1. The molecule has 1 nitrogen and oxygen atoms in total. The third-order valence-electron chi connectivity index (χ3n) is 6.66. The molecular weight excluding hydrogens is 388 g/mol. The van der Waals surface area contributed by atoms with Crippen molar-refractivity contribution < 1.29 is 0 Å². The molecule has 0 heterocycles. The van der Waals surface area contributed by atoms with Crippen molar-refractivity contribution in [3.8, 4) is 11.1 Å². The van der Waals surface area contributed by atoms with Crippen molar-refractivity contribution in [2.75, 3.05) is 19.0 Å². The first-order valence-corrected chi connectivity index (χ1v) is 13.8. The van der Waals surface area contributed by atoms with Crippen molar-refractivity contribution in [2.24, 2.45) is 0 Å². The van der Waals surface area contributed by atoms with Crippen molar-refractivity contribution >= 4 is 33.5 Å². The number of anilines is 1. The minimum Gasteiger partial charge on any atom is -0.377 e. The van der Waals surface area contributed by atoms with E-state index in [1.165, 1.54) is 81.0 Å². The first kappa shape index (κ1) is 21.3. The maximum atomic E-state index is 2.47. The molecule has 0 bridgehead atoms. The van der Waals surface area contributed by atoms with Gasteiger partial charge in [0.25, 0.3) is 0 Å². The maximum absolute atomic E-state index is 2.47. The Morgan fingerprint density at radius 2 is 1.24 bits per heavy atom. The molecule has 0 N–H and O–H groups in total. The molecule has 0 amide bonds. The maximum Gasteiger partial charge on any atom is 0.0440 e. The highest BCUT2D eigenvalue weighted by Crippen LogP contribution is 2.39. The summed E-state index contributed by atoms with van der Waals surface area (Å²) in [7, 11) is 6.33. The zero-order valence-electron chi connectivity index (χ0n) is 18.2. The molecule has 2 aliphatic rings. The second-order valence-electron chi connectivity index (χ2n) is 9.10. The van der Waals surface area contributed by atoms with Crippen LogP contribution >= 0.6 is 17.2 Å². The van der Waals surface area contributed by atoms with Crippen LogP contribution in [0.15, 0.2) is 42.5 Å². The van der Waals surface area contributed by atoms with E-state index in [0.29, 0.717) is 0 Å². The minimum atomic E-state index is 0.909. The van der Waals surface area contributed by atoms with Crippen LogP contribution in [0.3, 0.4) is 0 Å². The first-order valence-electron chi connectivity index (χ1n) is 11.6. The van der Waals surface area contributed by atoms with E-state index in [9.17, 15) is 0 Å². The smallest absolute Gasteiger partial charge is 0.0440 e. The fourth-order valence-corrected chi connectivity index (χ4v) is 8.82. The van der Waals surface area contributed by atoms with Crippen molar-refractivity contribution in [1.82, 2.24) is 0 Å². The van der Waals surface area contributed by atoms with Crippen LogP contribution in [0.4, 0.5) is 5.69 Å². The van der Waals surface area contributed by atoms with Gasteiger partial charge in [0.2, 0.25) is 0 Å². The van der Waals surface area contributed by atoms with Gasteiger partial charge < -0.3 is 4.90 Å². The van der Waals surface area contributed by atoms with Gasteiger partial charge in [-0.15, -0.1) is 0 Å². The zero-order valence-corrected chi connectivity index (χ0v) is 20.2. The summed E-state index contributed by atoms with van der Waals surface area (Å²) in [6, 6.07) is 16.2. The predicted octanol–water partition coefficient (Wildman–Crippen LogP) is 6.69. The summed E-state index contributed by atoms with van der Waals surface area (Å²) in [6.07, 6.45) is 14.4. The Hall–Kier alpha value is -0.900. The minimum absolute atomic E-state index is 0.909. The topological polar surface area (TPSA) is 3.24 Å². The van der Waals surface area contributed by atoms with E-state index in [1.54, 1.807) is 10.6 Å². The van der Waals surface area contributed by atoms with Gasteiger partial charge in [-0.1, -0.05) is 92.1 Å². The van der Waals surface area contributed by atoms with E-state index in [1.807, 2.05) is 0 Å². The molecule has 0 radical (unpaired) electrons. The van der Waals surface area contributed by atoms with Crippen LogP contribution in [0.1, 0.15) is 64.2 Å². The molecule has 2 unspecified atom stereocenters. The van der Waals surface area contributed by atoms with Crippen LogP contribution in [0.25, 0.3) is 11.1 Å². The van der Waals surface area contributed by atoms with Gasteiger partial charge in [-0.3, -0.25) is 0 Å². The second kappa shape index (κ2) is 10.4. The van der Waals surface area contributed by atoms with E-state index in [2.05, 4.69) is 61.5 Å². The van der Waals surface area contributed by atoms with E-state index in [4.69, 9.17) is 0 Å². The third kappa shape index (κ3) is 5.42. The molecule has 0 aromatic heterocycles. The van der Waals surface area contributed by atoms with Crippen LogP contribution in [-0.4, -0.2) is 25.4 Å². The number of benzene rings is 2. The molecule has 0 aliphatic heterocycles. The summed E-state index contributed by atoms with van der Waals surface area (Å²) in [5.41, 5.74) is 6.12. The lowest BCUT2D eigenvalue weighted by Gasteiger charge is -2.28. The molecule has 3 heteroatoms. The van der Waals surface area contributed by atoms with Gasteiger partial charge in [0.1, 0.15) is 0 Å². The summed E-state index contributed by atoms with van der Waals surface area (Å²) in [4.78, 5) is 2.28. The lowest BCUT2D eigenvalue weighted by molar-refractivity contribution is 0.514. The molecular formula is C26H37NP2. The van der Waals surface area contributed by atoms with Crippen molar-refractivity contribution in [1.29, 1.82) is 0 Å². The molecule has 156 valence electrons. The summed E-state index contributed by atoms with van der Waals surface area (Å²) < 4.78 is 0. The summed E-state index contributed by atoms with van der Waals surface area (Å²) in [5.74, 6) is 0. The van der Waals surface area contributed by atoms with Crippen molar-refractivity contribution in [2.45, 2.75) is 75.5 Å². The molecule has 2 fully saturated rings. The molecule has 0 saturated heterocycles. The Bertz CT molecular complexity index is 789. The van der Waals surface area contributed by atoms with Gasteiger partial charge in [-0.25, -0.2) is 0 Å². The lowest BCUT2D eigenvalue weighted by atomic mass is 10.0. The summed E-state index contributed by atoms with van der Waals surface area (Å²) in [6.45, 7) is 0. The Morgan fingerprint density at radius 3 is 1.90 bits per heavy atom. The molecule has 2 atom stereocenters. The Balaban J connectivity index is 1.72. The largest absolute Gasteiger partial charge is 0.377 e. The number of hydrogen-bond donors (Lipinski definition) is 0. The third-order valence-corrected chi connectivity index (χ3v) is 10.4. The average Bonchev–Trinajstić information content (AvgIpc) is 2.76. The van der Waals surface area contributed by atoms with Crippen LogP contribution in [-0.2, 0) is 0 Å². The molecule has 2 aliphatic carbocycles. The van der Waals surface area contributed by atoms with Gasteiger partial charge in [-0.2, -0.15) is 0 Å². The Labute approximate surface area is 181 Å². The first-order chi connectivity index (χ1) is 14.2. The average molecular weight is 426 g/mol. The standard InChI is InChI=1S/C26H37NP2/c1-27(2)24-18-10-9-16-22(24)23-17-11-19-25(28-20-12-5-3-6-13-20)26(23)29-21-14-7-4-8-15-21/h9-11,16-21,28-29H,3-8,12-15H2,1-2H3. The van der Waals surface area contributed by atoms with E-state index >= 15 is 0 Å². The number of hydrogen-bond acceptors (Lipinski definition) is 1. The van der Waals surface area contributed by atoms with Crippen LogP contribution in [0.5, 0.6) is 0 Å². The quantitative estimate of drug-likeness (QED) is 0.466. The van der Waals surface area contributed by atoms with E-state index in [-0.39, 0.29) is 0 Å². The highest BCUT2D eigenvalue weighted by atomic mass is 31.1. The van der Waals surface area contributed by atoms with Crippen molar-refractivity contribution in [3.05, 3.63) is 42.5 Å². The molecule has 4 rings (SSSR count). The summed E-state index contributed by atoms with van der Waals surface area (Å²) >= 11 is 0. The Kier molecular flexibility index (Phi) is 7.66. The number of para-hydroxylation sites is 1. The van der Waals surface area contributed by atoms with Gasteiger partial charge in [0.15, 0.2) is 0 Å². The normalized spacial score (nSPS) is 19.5. The zero-order chi connectivity index (χ0) is 20.1. The van der Waals surface area contributed by atoms with Gasteiger partial charge >= 0.3 is 0 Å². The molecule has 29 heavy (non-hydrogen) atoms. The Morgan fingerprint density at radius 1 is 0.655 bits per heavy atom. The fourth-order valence-electron chi connectivity index (χ4n) is 5.06. The number of nitrogens with zero attached hydrogens (tertiary/aromatic N) is 1. The van der Waals surface area contributed by atoms with Crippen LogP contribution < -0.4 is 15.5 Å². The highest BCUT2D eigenvalue weighted by Gasteiger charge is 2.22. The molecule has 0 spiro atoms. The fraction of sp³-hybridized carbons (Fsp3) is 0.538. The van der Waals surface area contributed by atoms with Gasteiger partial charge in [-0.05, 0) is 59.2 Å². The van der Waals surface area contributed by atoms with Crippen LogP contribution in [0, 0.1) is 0 Å². The monoisotopic (exact) mass is 425 g/mol. The summed E-state index contributed by atoms with van der Waals surface area (Å²) in [5, 5.41) is 3.39. The predicted molar refractivity (Wildman–Crippen MR) is 136 cm³/mol.